The molecule has 2 saturated heterocycles. The lowest BCUT2D eigenvalue weighted by Gasteiger charge is -2.29. The molecule has 0 saturated carbocycles. The molecule has 0 unspecified atom stereocenters. The summed E-state index contributed by atoms with van der Waals surface area (Å²) >= 11 is 1.96. The number of anilines is 1. The molecule has 154 valence electrons. The summed E-state index contributed by atoms with van der Waals surface area (Å²) in [5.74, 6) is 2.05. The summed E-state index contributed by atoms with van der Waals surface area (Å²) in [6.07, 6.45) is 0. The largest absolute Gasteiger partial charge is 0.378 e. The zero-order valence-electron chi connectivity index (χ0n) is 16.1. The van der Waals surface area contributed by atoms with E-state index < -0.39 is 0 Å². The fourth-order valence-electron chi connectivity index (χ4n) is 3.22. The minimum atomic E-state index is -0.187. The minimum Gasteiger partial charge on any atom is -0.378 e. The first kappa shape index (κ1) is 20.9. The van der Waals surface area contributed by atoms with Crippen LogP contribution in [0.25, 0.3) is 0 Å². The Morgan fingerprint density at radius 1 is 1.14 bits per heavy atom. The van der Waals surface area contributed by atoms with Gasteiger partial charge in [-0.25, -0.2) is 4.79 Å². The fourth-order valence-corrected chi connectivity index (χ4v) is 4.20. The number of morpholine rings is 1. The second-order valence-electron chi connectivity index (χ2n) is 6.83. The summed E-state index contributed by atoms with van der Waals surface area (Å²) in [5, 5.41) is 5.79. The van der Waals surface area contributed by atoms with E-state index in [0.717, 1.165) is 36.7 Å². The molecule has 3 amide bonds. The van der Waals surface area contributed by atoms with Crippen LogP contribution in [0.2, 0.25) is 0 Å². The molecular formula is C19H29N5O3S. The van der Waals surface area contributed by atoms with Crippen molar-refractivity contribution < 1.29 is 14.3 Å². The first-order chi connectivity index (χ1) is 13.7. The van der Waals surface area contributed by atoms with Gasteiger partial charge >= 0.3 is 6.03 Å². The van der Waals surface area contributed by atoms with Crippen LogP contribution >= 0.6 is 11.8 Å². The van der Waals surface area contributed by atoms with Gasteiger partial charge in [-0.15, -0.1) is 0 Å². The third-order valence-electron chi connectivity index (χ3n) is 4.84. The van der Waals surface area contributed by atoms with Gasteiger partial charge in [-0.2, -0.15) is 11.8 Å². The number of amides is 3. The van der Waals surface area contributed by atoms with Crippen LogP contribution in [0.4, 0.5) is 10.5 Å². The van der Waals surface area contributed by atoms with E-state index >= 15 is 0 Å². The van der Waals surface area contributed by atoms with E-state index in [2.05, 4.69) is 15.5 Å². The molecule has 9 heteroatoms. The van der Waals surface area contributed by atoms with E-state index in [1.807, 2.05) is 23.9 Å². The van der Waals surface area contributed by atoms with Crippen LogP contribution < -0.4 is 16.4 Å². The highest BCUT2D eigenvalue weighted by atomic mass is 32.2. The quantitative estimate of drug-likeness (QED) is 0.645. The second kappa shape index (κ2) is 10.7. The summed E-state index contributed by atoms with van der Waals surface area (Å²) in [6.45, 7) is 5.85. The van der Waals surface area contributed by atoms with Gasteiger partial charge in [-0.3, -0.25) is 9.69 Å². The van der Waals surface area contributed by atoms with E-state index in [-0.39, 0.29) is 11.9 Å². The molecule has 2 fully saturated rings. The van der Waals surface area contributed by atoms with E-state index in [1.54, 1.807) is 11.0 Å². The van der Waals surface area contributed by atoms with Gasteiger partial charge < -0.3 is 26.0 Å². The maximum Gasteiger partial charge on any atom is 0.322 e. The lowest BCUT2D eigenvalue weighted by molar-refractivity contribution is 0.0564. The van der Waals surface area contributed by atoms with Crippen molar-refractivity contribution in [2.45, 2.75) is 6.54 Å². The predicted molar refractivity (Wildman–Crippen MR) is 112 cm³/mol. The lowest BCUT2D eigenvalue weighted by Crippen LogP contribution is -2.43. The van der Waals surface area contributed by atoms with Crippen LogP contribution in [-0.2, 0) is 11.3 Å². The molecule has 28 heavy (non-hydrogen) atoms. The van der Waals surface area contributed by atoms with Crippen molar-refractivity contribution in [1.82, 2.24) is 15.1 Å². The minimum absolute atomic E-state index is 0.154. The highest BCUT2D eigenvalue weighted by Gasteiger charge is 2.20. The first-order valence-electron chi connectivity index (χ1n) is 9.72. The van der Waals surface area contributed by atoms with Crippen LogP contribution in [-0.4, -0.2) is 85.7 Å². The Morgan fingerprint density at radius 2 is 1.89 bits per heavy atom. The highest BCUT2D eigenvalue weighted by molar-refractivity contribution is 7.99. The third kappa shape index (κ3) is 5.84. The standard InChI is InChI=1S/C19H29N5O3S/c20-3-4-21-18(25)15-1-2-16(14-23-7-11-28-12-8-23)17(13-15)22-19(26)24-5-9-27-10-6-24/h1-2,13H,3-12,14,20H2,(H,21,25)(H,22,26). The molecule has 0 bridgehead atoms. The molecule has 4 N–H and O–H groups in total. The van der Waals surface area contributed by atoms with Crippen molar-refractivity contribution >= 4 is 29.4 Å². The number of benzene rings is 1. The van der Waals surface area contributed by atoms with E-state index in [4.69, 9.17) is 10.5 Å². The molecule has 8 nitrogen and oxygen atoms in total. The molecule has 1 aromatic carbocycles. The number of carbonyl (C=O) groups is 2. The molecule has 0 aromatic heterocycles. The Hall–Kier alpha value is -1.81. The molecule has 0 spiro atoms. The van der Waals surface area contributed by atoms with Crippen molar-refractivity contribution in [2.75, 3.05) is 69.3 Å². The number of nitrogens with one attached hydrogen (secondary N) is 2. The Balaban J connectivity index is 1.76. The van der Waals surface area contributed by atoms with Crippen molar-refractivity contribution in [2.24, 2.45) is 5.73 Å². The van der Waals surface area contributed by atoms with Gasteiger partial charge in [0.05, 0.1) is 13.2 Å². The first-order valence-corrected chi connectivity index (χ1v) is 10.9. The third-order valence-corrected chi connectivity index (χ3v) is 5.78. The van der Waals surface area contributed by atoms with Crippen molar-refractivity contribution in [3.8, 4) is 0 Å². The Morgan fingerprint density at radius 3 is 2.61 bits per heavy atom. The topological polar surface area (TPSA) is 99.9 Å². The Bertz CT molecular complexity index is 676. The lowest BCUT2D eigenvalue weighted by atomic mass is 10.1. The number of nitrogens with zero attached hydrogens (tertiary/aromatic N) is 2. The van der Waals surface area contributed by atoms with E-state index in [0.29, 0.717) is 50.6 Å². The molecule has 0 atom stereocenters. The van der Waals surface area contributed by atoms with E-state index in [9.17, 15) is 9.59 Å². The predicted octanol–water partition coefficient (Wildman–Crippen LogP) is 0.788. The second-order valence-corrected chi connectivity index (χ2v) is 8.06. The summed E-state index contributed by atoms with van der Waals surface area (Å²) < 4.78 is 5.32. The zero-order valence-corrected chi connectivity index (χ0v) is 16.9. The van der Waals surface area contributed by atoms with Crippen molar-refractivity contribution in [1.29, 1.82) is 0 Å². The average Bonchev–Trinajstić information content (AvgIpc) is 2.74. The number of urea groups is 1. The highest BCUT2D eigenvalue weighted by Crippen LogP contribution is 2.22. The van der Waals surface area contributed by atoms with Crippen LogP contribution in [0.15, 0.2) is 18.2 Å². The summed E-state index contributed by atoms with van der Waals surface area (Å²) in [6, 6.07) is 5.36. The smallest absolute Gasteiger partial charge is 0.322 e. The molecule has 2 aliphatic heterocycles. The van der Waals surface area contributed by atoms with Crippen LogP contribution in [0.3, 0.4) is 0 Å². The number of hydrogen-bond donors (Lipinski definition) is 3. The molecule has 1 aromatic rings. The van der Waals surface area contributed by atoms with Gasteiger partial charge in [0, 0.05) is 68.6 Å². The normalized spacial score (nSPS) is 18.0. The number of nitrogens with two attached hydrogens (primary N) is 1. The molecule has 0 radical (unpaired) electrons. The molecule has 3 rings (SSSR count). The van der Waals surface area contributed by atoms with Gasteiger partial charge in [0.1, 0.15) is 0 Å². The number of carbonyl (C=O) groups excluding carboxylic acids is 2. The zero-order chi connectivity index (χ0) is 19.8. The van der Waals surface area contributed by atoms with Crippen LogP contribution in [0.5, 0.6) is 0 Å². The number of hydrogen-bond acceptors (Lipinski definition) is 6. The number of ether oxygens (including phenoxy) is 1. The maximum atomic E-state index is 12.7. The Kier molecular flexibility index (Phi) is 7.96. The van der Waals surface area contributed by atoms with Gasteiger partial charge in [-0.1, -0.05) is 6.07 Å². The summed E-state index contributed by atoms with van der Waals surface area (Å²) in [4.78, 5) is 29.1. The number of rotatable bonds is 6. The number of thioether (sulfide) groups is 1. The van der Waals surface area contributed by atoms with E-state index in [1.165, 1.54) is 0 Å². The van der Waals surface area contributed by atoms with Gasteiger partial charge in [-0.05, 0) is 17.7 Å². The van der Waals surface area contributed by atoms with Gasteiger partial charge in [0.15, 0.2) is 0 Å². The van der Waals surface area contributed by atoms with Gasteiger partial charge in [0.2, 0.25) is 0 Å². The fraction of sp³-hybridized carbons (Fsp3) is 0.579. The van der Waals surface area contributed by atoms with Crippen molar-refractivity contribution in [3.63, 3.8) is 0 Å². The molecular weight excluding hydrogens is 378 g/mol. The molecule has 2 heterocycles. The molecule has 0 aliphatic carbocycles. The SMILES string of the molecule is NCCNC(=O)c1ccc(CN2CCSCC2)c(NC(=O)N2CCOCC2)c1. The summed E-state index contributed by atoms with van der Waals surface area (Å²) in [7, 11) is 0. The van der Waals surface area contributed by atoms with Crippen LogP contribution in [0, 0.1) is 0 Å². The Labute approximate surface area is 170 Å². The molecule has 2 aliphatic rings. The maximum absolute atomic E-state index is 12.7. The average molecular weight is 408 g/mol. The summed E-state index contributed by atoms with van der Waals surface area (Å²) in [5.41, 5.74) is 7.69. The van der Waals surface area contributed by atoms with Crippen LogP contribution in [0.1, 0.15) is 15.9 Å². The van der Waals surface area contributed by atoms with Crippen molar-refractivity contribution in [3.05, 3.63) is 29.3 Å². The monoisotopic (exact) mass is 407 g/mol. The van der Waals surface area contributed by atoms with Gasteiger partial charge in [0.25, 0.3) is 5.91 Å².